The van der Waals surface area contributed by atoms with Crippen LogP contribution in [-0.4, -0.2) is 14.1 Å². The van der Waals surface area contributed by atoms with Gasteiger partial charge in [0.15, 0.2) is 0 Å². The highest BCUT2D eigenvalue weighted by Gasteiger charge is 1.93. The number of rotatable bonds is 3. The molecule has 1 heteroatoms. The van der Waals surface area contributed by atoms with Crippen molar-refractivity contribution in [1.29, 1.82) is 0 Å². The number of hydrogen-bond donors (Lipinski definition) is 0. The Labute approximate surface area is 103 Å². The van der Waals surface area contributed by atoms with Crippen molar-refractivity contribution in [3.05, 3.63) is 65.7 Å². The summed E-state index contributed by atoms with van der Waals surface area (Å²) in [5.41, 5.74) is 3.67. The minimum Gasteiger partial charge on any atom is -0.378 e. The lowest BCUT2D eigenvalue weighted by molar-refractivity contribution is 1.13. The molecule has 2 aromatic carbocycles. The van der Waals surface area contributed by atoms with E-state index in [1.54, 1.807) is 0 Å². The Kier molecular flexibility index (Phi) is 3.61. The average molecular weight is 223 g/mol. The number of hydrogen-bond acceptors (Lipinski definition) is 1. The van der Waals surface area contributed by atoms with Crippen molar-refractivity contribution in [2.45, 2.75) is 0 Å². The van der Waals surface area contributed by atoms with Crippen LogP contribution in [0.5, 0.6) is 0 Å². The molecule has 2 rings (SSSR count). The van der Waals surface area contributed by atoms with E-state index in [2.05, 4.69) is 79.7 Å². The van der Waals surface area contributed by atoms with Crippen molar-refractivity contribution in [2.24, 2.45) is 0 Å². The summed E-state index contributed by atoms with van der Waals surface area (Å²) in [5, 5.41) is 0. The molecule has 0 aliphatic heterocycles. The van der Waals surface area contributed by atoms with E-state index in [1.165, 1.54) is 16.8 Å². The molecule has 0 bridgehead atoms. The summed E-state index contributed by atoms with van der Waals surface area (Å²) >= 11 is 0. The first-order chi connectivity index (χ1) is 8.25. The van der Waals surface area contributed by atoms with Gasteiger partial charge in [0.2, 0.25) is 0 Å². The Bertz CT molecular complexity index is 481. The highest BCUT2D eigenvalue weighted by molar-refractivity contribution is 5.70. The Hall–Kier alpha value is -2.02. The Morgan fingerprint density at radius 2 is 1.24 bits per heavy atom. The van der Waals surface area contributed by atoms with Crippen LogP contribution in [0.3, 0.4) is 0 Å². The zero-order chi connectivity index (χ0) is 12.1. The third kappa shape index (κ3) is 3.22. The first-order valence-electron chi connectivity index (χ1n) is 5.76. The molecule has 2 aromatic rings. The van der Waals surface area contributed by atoms with E-state index in [0.29, 0.717) is 0 Å². The molecule has 0 aromatic heterocycles. The van der Waals surface area contributed by atoms with Crippen molar-refractivity contribution in [1.82, 2.24) is 0 Å². The van der Waals surface area contributed by atoms with Crippen molar-refractivity contribution >= 4 is 17.8 Å². The van der Waals surface area contributed by atoms with Gasteiger partial charge in [0.05, 0.1) is 0 Å². The first-order valence-corrected chi connectivity index (χ1v) is 5.76. The van der Waals surface area contributed by atoms with Crippen LogP contribution in [0.2, 0.25) is 0 Å². The summed E-state index contributed by atoms with van der Waals surface area (Å²) in [6, 6.07) is 18.9. The lowest BCUT2D eigenvalue weighted by atomic mass is 10.1. The van der Waals surface area contributed by atoms with Gasteiger partial charge in [-0.15, -0.1) is 0 Å². The second-order valence-electron chi connectivity index (χ2n) is 4.23. The van der Waals surface area contributed by atoms with Gasteiger partial charge in [-0.1, -0.05) is 54.6 Å². The topological polar surface area (TPSA) is 3.24 Å². The molecule has 0 saturated heterocycles. The fourth-order valence-electron chi connectivity index (χ4n) is 1.64. The minimum atomic E-state index is 1.22. The molecule has 86 valence electrons. The van der Waals surface area contributed by atoms with Gasteiger partial charge in [0.25, 0.3) is 0 Å². The maximum atomic E-state index is 2.13. The van der Waals surface area contributed by atoms with Crippen LogP contribution >= 0.6 is 0 Å². The van der Waals surface area contributed by atoms with E-state index in [9.17, 15) is 0 Å². The van der Waals surface area contributed by atoms with Crippen LogP contribution in [0, 0.1) is 0 Å². The zero-order valence-corrected chi connectivity index (χ0v) is 10.3. The summed E-state index contributed by atoms with van der Waals surface area (Å²) in [4.78, 5) is 2.10. The van der Waals surface area contributed by atoms with Crippen LogP contribution in [0.15, 0.2) is 54.6 Å². The fraction of sp³-hybridized carbons (Fsp3) is 0.125. The SMILES string of the molecule is CN(C)c1ccc(C=Cc2ccccc2)cc1. The van der Waals surface area contributed by atoms with Crippen molar-refractivity contribution < 1.29 is 0 Å². The van der Waals surface area contributed by atoms with Gasteiger partial charge in [-0.3, -0.25) is 0 Å². The van der Waals surface area contributed by atoms with Crippen LogP contribution < -0.4 is 4.90 Å². The van der Waals surface area contributed by atoms with E-state index in [4.69, 9.17) is 0 Å². The molecule has 0 heterocycles. The normalized spacial score (nSPS) is 10.7. The van der Waals surface area contributed by atoms with Gasteiger partial charge in [0.1, 0.15) is 0 Å². The van der Waals surface area contributed by atoms with Gasteiger partial charge < -0.3 is 4.90 Å². The Balaban J connectivity index is 2.12. The predicted molar refractivity (Wildman–Crippen MR) is 76.1 cm³/mol. The molecule has 0 aliphatic carbocycles. The number of nitrogens with zero attached hydrogens (tertiary/aromatic N) is 1. The second-order valence-corrected chi connectivity index (χ2v) is 4.23. The lowest BCUT2D eigenvalue weighted by Gasteiger charge is -2.11. The summed E-state index contributed by atoms with van der Waals surface area (Å²) in [6.45, 7) is 0. The number of benzene rings is 2. The molecule has 17 heavy (non-hydrogen) atoms. The third-order valence-corrected chi connectivity index (χ3v) is 2.68. The largest absolute Gasteiger partial charge is 0.378 e. The summed E-state index contributed by atoms with van der Waals surface area (Å²) < 4.78 is 0. The maximum Gasteiger partial charge on any atom is 0.0361 e. The van der Waals surface area contributed by atoms with Gasteiger partial charge in [-0.05, 0) is 23.3 Å². The number of anilines is 1. The smallest absolute Gasteiger partial charge is 0.0361 e. The van der Waals surface area contributed by atoms with Crippen LogP contribution in [-0.2, 0) is 0 Å². The molecule has 0 atom stereocenters. The minimum absolute atomic E-state index is 1.22. The van der Waals surface area contributed by atoms with E-state index in [1.807, 2.05) is 6.07 Å². The van der Waals surface area contributed by atoms with Crippen molar-refractivity contribution in [2.75, 3.05) is 19.0 Å². The molecule has 0 radical (unpaired) electrons. The molecular weight excluding hydrogens is 206 g/mol. The zero-order valence-electron chi connectivity index (χ0n) is 10.3. The Morgan fingerprint density at radius 3 is 1.76 bits per heavy atom. The van der Waals surface area contributed by atoms with E-state index in [-0.39, 0.29) is 0 Å². The van der Waals surface area contributed by atoms with Crippen LogP contribution in [0.1, 0.15) is 11.1 Å². The highest BCUT2D eigenvalue weighted by Crippen LogP contribution is 2.14. The molecule has 0 amide bonds. The van der Waals surface area contributed by atoms with E-state index < -0.39 is 0 Å². The molecule has 0 aliphatic rings. The van der Waals surface area contributed by atoms with Gasteiger partial charge >= 0.3 is 0 Å². The fourth-order valence-corrected chi connectivity index (χ4v) is 1.64. The molecule has 0 spiro atoms. The summed E-state index contributed by atoms with van der Waals surface area (Å²) in [6.07, 6.45) is 4.26. The molecule has 0 fully saturated rings. The maximum absolute atomic E-state index is 2.13. The molecule has 1 nitrogen and oxygen atoms in total. The lowest BCUT2D eigenvalue weighted by Crippen LogP contribution is -2.07. The van der Waals surface area contributed by atoms with Gasteiger partial charge in [-0.2, -0.15) is 0 Å². The molecular formula is C16H17N. The van der Waals surface area contributed by atoms with Gasteiger partial charge in [-0.25, -0.2) is 0 Å². The molecule has 0 unspecified atom stereocenters. The van der Waals surface area contributed by atoms with E-state index in [0.717, 1.165) is 0 Å². The quantitative estimate of drug-likeness (QED) is 0.713. The highest BCUT2D eigenvalue weighted by atomic mass is 15.1. The van der Waals surface area contributed by atoms with E-state index >= 15 is 0 Å². The van der Waals surface area contributed by atoms with Crippen molar-refractivity contribution in [3.63, 3.8) is 0 Å². The third-order valence-electron chi connectivity index (χ3n) is 2.68. The second kappa shape index (κ2) is 5.35. The van der Waals surface area contributed by atoms with Crippen LogP contribution in [0.4, 0.5) is 5.69 Å². The summed E-state index contributed by atoms with van der Waals surface area (Å²) in [5.74, 6) is 0. The van der Waals surface area contributed by atoms with Crippen LogP contribution in [0.25, 0.3) is 12.2 Å². The van der Waals surface area contributed by atoms with Crippen molar-refractivity contribution in [3.8, 4) is 0 Å². The van der Waals surface area contributed by atoms with Gasteiger partial charge in [0, 0.05) is 19.8 Å². The first kappa shape index (κ1) is 11.5. The summed E-state index contributed by atoms with van der Waals surface area (Å²) in [7, 11) is 4.10. The molecule has 0 saturated carbocycles. The predicted octanol–water partition coefficient (Wildman–Crippen LogP) is 3.92. The monoisotopic (exact) mass is 223 g/mol. The standard InChI is InChI=1S/C16H17N/c1-17(2)16-12-10-15(11-13-16)9-8-14-6-4-3-5-7-14/h3-13H,1-2H3. The molecule has 0 N–H and O–H groups in total. The average Bonchev–Trinajstić information content (AvgIpc) is 2.38. The Morgan fingerprint density at radius 1 is 0.706 bits per heavy atom.